The second-order valence-electron chi connectivity index (χ2n) is 6.18. The summed E-state index contributed by atoms with van der Waals surface area (Å²) >= 11 is 1.26. The van der Waals surface area contributed by atoms with Gasteiger partial charge >= 0.3 is 5.97 Å². The second kappa shape index (κ2) is 7.37. The molecule has 0 aromatic heterocycles. The van der Waals surface area contributed by atoms with E-state index in [2.05, 4.69) is 4.99 Å². The Labute approximate surface area is 155 Å². The maximum absolute atomic E-state index is 12.0. The van der Waals surface area contributed by atoms with Gasteiger partial charge in [-0.15, -0.1) is 0 Å². The maximum Gasteiger partial charge on any atom is 0.329 e. The van der Waals surface area contributed by atoms with Crippen LogP contribution in [0.3, 0.4) is 0 Å². The molecule has 8 nitrogen and oxygen atoms in total. The zero-order valence-corrected chi connectivity index (χ0v) is 15.6. The molecule has 2 saturated heterocycles. The van der Waals surface area contributed by atoms with Crippen LogP contribution in [0, 0.1) is 6.92 Å². The van der Waals surface area contributed by atoms with Crippen molar-refractivity contribution in [2.75, 3.05) is 29.6 Å². The molecular formula is C16H18N2O6S2. The van der Waals surface area contributed by atoms with Gasteiger partial charge in [0.1, 0.15) is 13.2 Å². The van der Waals surface area contributed by atoms with Crippen LogP contribution in [0.5, 0.6) is 0 Å². The van der Waals surface area contributed by atoms with Gasteiger partial charge in [-0.25, -0.2) is 13.2 Å². The molecule has 2 fully saturated rings. The number of anilines is 1. The quantitative estimate of drug-likeness (QED) is 0.771. The molecule has 140 valence electrons. The topological polar surface area (TPSA) is 113 Å². The number of benzene rings is 1. The number of hydrogen-bond donors (Lipinski definition) is 1. The summed E-state index contributed by atoms with van der Waals surface area (Å²) in [4.78, 5) is 28.3. The van der Waals surface area contributed by atoms with Crippen LogP contribution in [0.4, 0.5) is 5.69 Å². The van der Waals surface area contributed by atoms with Gasteiger partial charge in [0, 0.05) is 10.9 Å². The number of carbonyl (C=O) groups excluding carboxylic acids is 1. The summed E-state index contributed by atoms with van der Waals surface area (Å²) in [5.74, 6) is -1.70. The van der Waals surface area contributed by atoms with Crippen LogP contribution >= 0.6 is 11.8 Å². The van der Waals surface area contributed by atoms with Crippen molar-refractivity contribution in [1.29, 1.82) is 0 Å². The number of rotatable bonds is 5. The predicted octanol–water partition coefficient (Wildman–Crippen LogP) is 0.698. The van der Waals surface area contributed by atoms with Crippen LogP contribution in [-0.2, 0) is 24.2 Å². The molecule has 1 N–H and O–H groups in total. The van der Waals surface area contributed by atoms with Gasteiger partial charge in [-0.1, -0.05) is 23.9 Å². The predicted molar refractivity (Wildman–Crippen MR) is 98.4 cm³/mol. The van der Waals surface area contributed by atoms with Gasteiger partial charge in [-0.3, -0.25) is 4.79 Å². The Balaban J connectivity index is 1.85. The molecule has 1 amide bonds. The highest BCUT2D eigenvalue weighted by Crippen LogP contribution is 2.41. The van der Waals surface area contributed by atoms with E-state index in [0.717, 1.165) is 11.3 Å². The molecule has 0 radical (unpaired) electrons. The SMILES string of the molecule is Cc1cccc(N2C(=NC(=O)COCC(=O)O)S[C@@H]3CS(=O)(=O)C[C@H]32)c1. The molecule has 1 aromatic carbocycles. The standard InChI is InChI=1S/C16H18N2O6S2/c1-10-3-2-4-11(5-10)18-12-8-26(22,23)9-13(12)25-16(18)17-14(19)6-24-7-15(20)21/h2-5,12-13H,6-9H2,1H3,(H,20,21)/t12-,13-/m1/s1. The number of carboxylic acid groups (broad SMARTS) is 1. The van der Waals surface area contributed by atoms with Crippen molar-refractivity contribution < 1.29 is 27.9 Å². The molecule has 0 spiro atoms. The zero-order valence-electron chi connectivity index (χ0n) is 14.0. The summed E-state index contributed by atoms with van der Waals surface area (Å²) in [7, 11) is -3.12. The summed E-state index contributed by atoms with van der Waals surface area (Å²) in [5.41, 5.74) is 1.78. The highest BCUT2D eigenvalue weighted by atomic mass is 32.2. The summed E-state index contributed by atoms with van der Waals surface area (Å²) in [6, 6.07) is 7.27. The maximum atomic E-state index is 12.0. The van der Waals surface area contributed by atoms with Crippen LogP contribution < -0.4 is 4.90 Å². The minimum absolute atomic E-state index is 0.0152. The lowest BCUT2D eigenvalue weighted by Crippen LogP contribution is -2.37. The molecule has 2 atom stereocenters. The van der Waals surface area contributed by atoms with Gasteiger partial charge in [-0.2, -0.15) is 4.99 Å². The van der Waals surface area contributed by atoms with Gasteiger partial charge in [0.15, 0.2) is 15.0 Å². The highest BCUT2D eigenvalue weighted by molar-refractivity contribution is 8.16. The average molecular weight is 398 g/mol. The Morgan fingerprint density at radius 3 is 2.81 bits per heavy atom. The number of aliphatic imine (C=N–C) groups is 1. The fourth-order valence-corrected chi connectivity index (χ4v) is 6.94. The number of hydrogen-bond acceptors (Lipinski definition) is 6. The van der Waals surface area contributed by atoms with E-state index in [1.54, 1.807) is 4.90 Å². The molecule has 3 rings (SSSR count). The van der Waals surface area contributed by atoms with Crippen LogP contribution in [-0.4, -0.2) is 66.6 Å². The van der Waals surface area contributed by atoms with Crippen LogP contribution in [0.25, 0.3) is 0 Å². The highest BCUT2D eigenvalue weighted by Gasteiger charge is 2.49. The summed E-state index contributed by atoms with van der Waals surface area (Å²) < 4.78 is 28.8. The van der Waals surface area contributed by atoms with E-state index in [1.165, 1.54) is 11.8 Å². The first-order chi connectivity index (χ1) is 12.2. The first kappa shape index (κ1) is 18.9. The molecule has 10 heteroatoms. The summed E-state index contributed by atoms with van der Waals surface area (Å²) in [5, 5.41) is 8.78. The number of aliphatic carboxylic acids is 1. The van der Waals surface area contributed by atoms with Crippen molar-refractivity contribution in [1.82, 2.24) is 0 Å². The molecule has 2 aliphatic heterocycles. The molecular weight excluding hydrogens is 380 g/mol. The van der Waals surface area contributed by atoms with Gasteiger partial charge in [0.2, 0.25) is 0 Å². The van der Waals surface area contributed by atoms with Gasteiger partial charge in [0.25, 0.3) is 5.91 Å². The van der Waals surface area contributed by atoms with Crippen molar-refractivity contribution in [2.24, 2.45) is 4.99 Å². The number of fused-ring (bicyclic) bond motifs is 1. The Morgan fingerprint density at radius 1 is 1.35 bits per heavy atom. The third-order valence-electron chi connectivity index (χ3n) is 4.02. The molecule has 0 saturated carbocycles. The van der Waals surface area contributed by atoms with Crippen molar-refractivity contribution in [3.05, 3.63) is 29.8 Å². The van der Waals surface area contributed by atoms with Gasteiger partial charge in [0.05, 0.1) is 17.5 Å². The second-order valence-corrected chi connectivity index (χ2v) is 9.54. The van der Waals surface area contributed by atoms with E-state index in [1.807, 2.05) is 31.2 Å². The monoisotopic (exact) mass is 398 g/mol. The molecule has 2 aliphatic rings. The Bertz CT molecular complexity index is 867. The summed E-state index contributed by atoms with van der Waals surface area (Å²) in [6.45, 7) is 0.914. The van der Waals surface area contributed by atoms with Crippen LogP contribution in [0.2, 0.25) is 0 Å². The van der Waals surface area contributed by atoms with Crippen molar-refractivity contribution in [3.63, 3.8) is 0 Å². The molecule has 26 heavy (non-hydrogen) atoms. The van der Waals surface area contributed by atoms with E-state index in [0.29, 0.717) is 5.17 Å². The average Bonchev–Trinajstić information content (AvgIpc) is 2.97. The lowest BCUT2D eigenvalue weighted by atomic mass is 10.1. The van der Waals surface area contributed by atoms with Gasteiger partial charge in [-0.05, 0) is 24.6 Å². The molecule has 0 bridgehead atoms. The number of amides is 1. The fourth-order valence-electron chi connectivity index (χ4n) is 3.01. The number of aryl methyl sites for hydroxylation is 1. The van der Waals surface area contributed by atoms with Crippen LogP contribution in [0.15, 0.2) is 29.3 Å². The Kier molecular flexibility index (Phi) is 5.35. The van der Waals surface area contributed by atoms with Crippen molar-refractivity contribution in [2.45, 2.75) is 18.2 Å². The summed E-state index contributed by atoms with van der Waals surface area (Å²) in [6.07, 6.45) is 0. The molecule has 2 heterocycles. The number of ether oxygens (including phenoxy) is 1. The van der Waals surface area contributed by atoms with E-state index in [9.17, 15) is 18.0 Å². The number of thioether (sulfide) groups is 1. The number of amidine groups is 1. The van der Waals surface area contributed by atoms with Gasteiger partial charge < -0.3 is 14.7 Å². The number of sulfone groups is 1. The normalized spacial score (nSPS) is 25.4. The van der Waals surface area contributed by atoms with E-state index in [4.69, 9.17) is 9.84 Å². The minimum atomic E-state index is -3.12. The number of carboxylic acids is 1. The number of carbonyl (C=O) groups is 2. The van der Waals surface area contributed by atoms with Crippen molar-refractivity contribution in [3.8, 4) is 0 Å². The first-order valence-corrected chi connectivity index (χ1v) is 10.6. The molecule has 0 aliphatic carbocycles. The third kappa shape index (κ3) is 4.25. The van der Waals surface area contributed by atoms with E-state index < -0.39 is 34.9 Å². The van der Waals surface area contributed by atoms with Crippen molar-refractivity contribution >= 4 is 44.3 Å². The third-order valence-corrected chi connectivity index (χ3v) is 7.23. The molecule has 0 unspecified atom stereocenters. The fraction of sp³-hybridized carbons (Fsp3) is 0.438. The van der Waals surface area contributed by atoms with Crippen LogP contribution in [0.1, 0.15) is 5.56 Å². The lowest BCUT2D eigenvalue weighted by Gasteiger charge is -2.24. The smallest absolute Gasteiger partial charge is 0.329 e. The Hall–Kier alpha value is -1.91. The van der Waals surface area contributed by atoms with E-state index >= 15 is 0 Å². The zero-order chi connectivity index (χ0) is 18.9. The Morgan fingerprint density at radius 2 is 2.12 bits per heavy atom. The number of nitrogens with zero attached hydrogens (tertiary/aromatic N) is 2. The van der Waals surface area contributed by atoms with E-state index in [-0.39, 0.29) is 22.8 Å². The first-order valence-electron chi connectivity index (χ1n) is 7.89. The molecule has 1 aromatic rings. The largest absolute Gasteiger partial charge is 0.480 e. The minimum Gasteiger partial charge on any atom is -0.480 e. The lowest BCUT2D eigenvalue weighted by molar-refractivity contribution is -0.143.